The van der Waals surface area contributed by atoms with Gasteiger partial charge < -0.3 is 14.8 Å². The van der Waals surface area contributed by atoms with Crippen molar-refractivity contribution in [1.82, 2.24) is 10.2 Å². The van der Waals surface area contributed by atoms with E-state index in [4.69, 9.17) is 9.47 Å². The Hall–Kier alpha value is -3.35. The van der Waals surface area contributed by atoms with Gasteiger partial charge in [-0.3, -0.25) is 9.89 Å². The zero-order valence-electron chi connectivity index (χ0n) is 16.7. The number of benzene rings is 2. The highest BCUT2D eigenvalue weighted by Crippen LogP contribution is 2.37. The average molecular weight is 397 g/mol. The van der Waals surface area contributed by atoms with E-state index in [9.17, 15) is 9.18 Å². The number of nitrogens with one attached hydrogen (secondary N) is 2. The number of methoxy groups -OCH3 is 2. The molecule has 1 aromatic heterocycles. The van der Waals surface area contributed by atoms with Crippen LogP contribution in [0.2, 0.25) is 0 Å². The van der Waals surface area contributed by atoms with Gasteiger partial charge in [-0.1, -0.05) is 25.5 Å². The van der Waals surface area contributed by atoms with Crippen molar-refractivity contribution in [3.8, 4) is 22.8 Å². The van der Waals surface area contributed by atoms with Gasteiger partial charge in [-0.15, -0.1) is 0 Å². The molecule has 0 bridgehead atoms. The molecule has 2 N–H and O–H groups in total. The Balaban J connectivity index is 1.92. The molecule has 0 aliphatic carbocycles. The van der Waals surface area contributed by atoms with Gasteiger partial charge >= 0.3 is 0 Å². The fourth-order valence-corrected chi connectivity index (χ4v) is 3.10. The minimum atomic E-state index is -0.330. The quantitative estimate of drug-likeness (QED) is 0.592. The van der Waals surface area contributed by atoms with Crippen molar-refractivity contribution in [2.45, 2.75) is 26.2 Å². The molecule has 1 amide bonds. The second kappa shape index (κ2) is 9.23. The van der Waals surface area contributed by atoms with E-state index in [2.05, 4.69) is 22.4 Å². The van der Waals surface area contributed by atoms with E-state index in [1.54, 1.807) is 32.4 Å². The zero-order chi connectivity index (χ0) is 20.8. The molecule has 3 rings (SSSR count). The number of amides is 1. The van der Waals surface area contributed by atoms with Crippen LogP contribution in [0.15, 0.2) is 42.5 Å². The molecular weight excluding hydrogens is 373 g/mol. The summed E-state index contributed by atoms with van der Waals surface area (Å²) in [6, 6.07) is 11.3. The minimum Gasteiger partial charge on any atom is -0.497 e. The summed E-state index contributed by atoms with van der Waals surface area (Å²) in [6.07, 6.45) is 1.76. The van der Waals surface area contributed by atoms with Crippen molar-refractivity contribution in [1.29, 1.82) is 0 Å². The van der Waals surface area contributed by atoms with Gasteiger partial charge in [-0.25, -0.2) is 4.39 Å². The number of carbonyl (C=O) groups excluding carboxylic acids is 1. The Morgan fingerprint density at radius 3 is 2.55 bits per heavy atom. The van der Waals surface area contributed by atoms with Crippen LogP contribution in [0.3, 0.4) is 0 Å². The van der Waals surface area contributed by atoms with Gasteiger partial charge in [0.1, 0.15) is 23.0 Å². The van der Waals surface area contributed by atoms with Crippen LogP contribution in [0.5, 0.6) is 11.5 Å². The van der Waals surface area contributed by atoms with Gasteiger partial charge in [0.25, 0.3) is 0 Å². The lowest BCUT2D eigenvalue weighted by molar-refractivity contribution is -0.115. The summed E-state index contributed by atoms with van der Waals surface area (Å²) in [7, 11) is 3.16. The Morgan fingerprint density at radius 1 is 1.14 bits per heavy atom. The van der Waals surface area contributed by atoms with Crippen LogP contribution < -0.4 is 14.8 Å². The van der Waals surface area contributed by atoms with E-state index in [1.165, 1.54) is 12.1 Å². The maximum absolute atomic E-state index is 13.1. The number of aryl methyl sites for hydroxylation is 1. The van der Waals surface area contributed by atoms with Gasteiger partial charge in [0.05, 0.1) is 32.0 Å². The molecular formula is C22H24FN3O3. The smallest absolute Gasteiger partial charge is 0.228 e. The minimum absolute atomic E-state index is 0.135. The number of aromatic nitrogens is 2. The summed E-state index contributed by atoms with van der Waals surface area (Å²) in [5, 5.41) is 10.4. The molecule has 0 fully saturated rings. The molecule has 6 nitrogen and oxygen atoms in total. The summed E-state index contributed by atoms with van der Waals surface area (Å²) in [5.41, 5.74) is 3.53. The van der Waals surface area contributed by atoms with Crippen LogP contribution in [0.4, 0.5) is 10.1 Å². The molecule has 152 valence electrons. The molecule has 0 saturated heterocycles. The number of aromatic amines is 1. The van der Waals surface area contributed by atoms with Crippen LogP contribution in [-0.4, -0.2) is 30.3 Å². The van der Waals surface area contributed by atoms with Crippen LogP contribution >= 0.6 is 0 Å². The lowest BCUT2D eigenvalue weighted by Crippen LogP contribution is -2.15. The fourth-order valence-electron chi connectivity index (χ4n) is 3.10. The Morgan fingerprint density at radius 2 is 1.90 bits per heavy atom. The highest BCUT2D eigenvalue weighted by Gasteiger charge is 2.20. The van der Waals surface area contributed by atoms with Crippen molar-refractivity contribution >= 4 is 11.6 Å². The number of nitrogens with zero attached hydrogens (tertiary/aromatic N) is 1. The van der Waals surface area contributed by atoms with Crippen LogP contribution in [0, 0.1) is 5.82 Å². The first kappa shape index (κ1) is 20.4. The SMILES string of the molecule is CCCc1[nH]nc(-c2ccc(OC)cc2OC)c1NC(=O)Cc1ccc(F)cc1. The predicted octanol–water partition coefficient (Wildman–Crippen LogP) is 4.37. The first-order valence-electron chi connectivity index (χ1n) is 9.39. The standard InChI is InChI=1S/C22H24FN3O3/c1-4-5-18-22(24-20(27)12-14-6-8-15(23)9-7-14)21(26-25-18)17-11-10-16(28-2)13-19(17)29-3/h6-11,13H,4-5,12H2,1-3H3,(H,24,27)(H,25,26). The number of hydrogen-bond donors (Lipinski definition) is 2. The fraction of sp³-hybridized carbons (Fsp3) is 0.273. The Bertz CT molecular complexity index is 983. The largest absolute Gasteiger partial charge is 0.497 e. The lowest BCUT2D eigenvalue weighted by Gasteiger charge is -2.12. The molecule has 2 aromatic carbocycles. The molecule has 7 heteroatoms. The number of ether oxygens (including phenoxy) is 2. The van der Waals surface area contributed by atoms with Crippen molar-refractivity contribution < 1.29 is 18.7 Å². The third kappa shape index (κ3) is 4.74. The molecule has 3 aromatic rings. The van der Waals surface area contributed by atoms with Gasteiger partial charge in [0, 0.05) is 11.6 Å². The molecule has 0 unspecified atom stereocenters. The van der Waals surface area contributed by atoms with E-state index in [0.29, 0.717) is 22.9 Å². The van der Waals surface area contributed by atoms with E-state index in [0.717, 1.165) is 29.7 Å². The van der Waals surface area contributed by atoms with Gasteiger partial charge in [-0.05, 0) is 36.2 Å². The van der Waals surface area contributed by atoms with Crippen molar-refractivity contribution in [3.05, 3.63) is 59.5 Å². The maximum atomic E-state index is 13.1. The number of anilines is 1. The van der Waals surface area contributed by atoms with Crippen LogP contribution in [0.1, 0.15) is 24.6 Å². The molecule has 0 radical (unpaired) electrons. The normalized spacial score (nSPS) is 10.6. The van der Waals surface area contributed by atoms with Crippen molar-refractivity contribution in [2.24, 2.45) is 0 Å². The van der Waals surface area contributed by atoms with E-state index in [1.807, 2.05) is 12.1 Å². The highest BCUT2D eigenvalue weighted by molar-refractivity contribution is 5.97. The van der Waals surface area contributed by atoms with Gasteiger partial charge in [-0.2, -0.15) is 5.10 Å². The molecule has 0 aliphatic rings. The summed E-state index contributed by atoms with van der Waals surface area (Å²) in [6.45, 7) is 2.05. The highest BCUT2D eigenvalue weighted by atomic mass is 19.1. The van der Waals surface area contributed by atoms with Crippen LogP contribution in [0.25, 0.3) is 11.3 Å². The Labute approximate surface area is 169 Å². The third-order valence-electron chi connectivity index (χ3n) is 4.55. The van der Waals surface area contributed by atoms with E-state index < -0.39 is 0 Å². The third-order valence-corrected chi connectivity index (χ3v) is 4.55. The molecule has 1 heterocycles. The van der Waals surface area contributed by atoms with Gasteiger partial charge in [0.2, 0.25) is 5.91 Å². The second-order valence-electron chi connectivity index (χ2n) is 6.59. The summed E-state index contributed by atoms with van der Waals surface area (Å²) >= 11 is 0. The first-order valence-corrected chi connectivity index (χ1v) is 9.39. The second-order valence-corrected chi connectivity index (χ2v) is 6.59. The van der Waals surface area contributed by atoms with Crippen molar-refractivity contribution in [2.75, 3.05) is 19.5 Å². The molecule has 0 atom stereocenters. The summed E-state index contributed by atoms with van der Waals surface area (Å²) in [4.78, 5) is 12.7. The topological polar surface area (TPSA) is 76.2 Å². The monoisotopic (exact) mass is 397 g/mol. The molecule has 0 saturated carbocycles. The van der Waals surface area contributed by atoms with Crippen LogP contribution in [-0.2, 0) is 17.6 Å². The number of hydrogen-bond acceptors (Lipinski definition) is 4. The van der Waals surface area contributed by atoms with E-state index >= 15 is 0 Å². The zero-order valence-corrected chi connectivity index (χ0v) is 16.7. The summed E-state index contributed by atoms with van der Waals surface area (Å²) < 4.78 is 23.9. The Kier molecular flexibility index (Phi) is 6.49. The molecule has 29 heavy (non-hydrogen) atoms. The molecule has 0 spiro atoms. The number of rotatable bonds is 8. The lowest BCUT2D eigenvalue weighted by atomic mass is 10.1. The first-order chi connectivity index (χ1) is 14.0. The number of halogens is 1. The summed E-state index contributed by atoms with van der Waals surface area (Å²) in [5.74, 6) is 0.719. The van der Waals surface area contributed by atoms with E-state index in [-0.39, 0.29) is 18.1 Å². The predicted molar refractivity (Wildman–Crippen MR) is 110 cm³/mol. The molecule has 0 aliphatic heterocycles. The average Bonchev–Trinajstić information content (AvgIpc) is 3.11. The number of carbonyl (C=O) groups is 1. The van der Waals surface area contributed by atoms with Crippen molar-refractivity contribution in [3.63, 3.8) is 0 Å². The maximum Gasteiger partial charge on any atom is 0.228 e. The van der Waals surface area contributed by atoms with Gasteiger partial charge in [0.15, 0.2) is 0 Å². The number of H-pyrrole nitrogens is 1.